The van der Waals surface area contributed by atoms with Gasteiger partial charge in [0.2, 0.25) is 17.7 Å². The van der Waals surface area contributed by atoms with Crippen molar-refractivity contribution in [2.45, 2.75) is 95.3 Å². The number of aliphatic hydroxyl groups excluding tert-OH is 2. The second-order valence-electron chi connectivity index (χ2n) is 18.6. The summed E-state index contributed by atoms with van der Waals surface area (Å²) in [6, 6.07) is 10.7. The molecule has 29 nitrogen and oxygen atoms in total. The Morgan fingerprint density at radius 2 is 1.64 bits per heavy atom. The molecule has 0 aliphatic carbocycles. The first-order chi connectivity index (χ1) is 38.1. The number of carboxylic acids is 1. The SMILES string of the molecule is CN(CCOCCc1ccc(NC(=O)NCc2ccc3c(c2)CN(C2CCC(=O)NC2=O)C3=O)cc1Cl)C(=O)OCc1cc(C(=O)NCCNC(=O)CCCC(=O)ON2C(=O)CCC2=O)c(O)c(C2(C(=O)O)OC(O)C(O)N2O)c1. The van der Waals surface area contributed by atoms with Crippen LogP contribution in [-0.4, -0.2) is 169 Å². The Balaban J connectivity index is 0.849. The number of aliphatic carboxylic acids is 1. The van der Waals surface area contributed by atoms with Crippen LogP contribution < -0.4 is 26.6 Å². The number of carbonyl (C=O) groups excluding carboxylic acids is 10. The highest BCUT2D eigenvalue weighted by atomic mass is 35.5. The topological polar surface area (TPSA) is 399 Å². The number of anilines is 1. The fraction of sp³-hybridized carbons (Fsp3) is 0.420. The number of fused-ring (bicyclic) bond motifs is 1. The van der Waals surface area contributed by atoms with Gasteiger partial charge in [0, 0.05) is 88.1 Å². The largest absolute Gasteiger partial charge is 0.507 e. The maximum absolute atomic E-state index is 13.4. The first-order valence-electron chi connectivity index (χ1n) is 24.9. The molecule has 3 aromatic carbocycles. The number of imide groups is 2. The van der Waals surface area contributed by atoms with Gasteiger partial charge in [-0.25, -0.2) is 19.2 Å². The highest BCUT2D eigenvalue weighted by Gasteiger charge is 2.61. The summed E-state index contributed by atoms with van der Waals surface area (Å²) in [4.78, 5) is 144. The Kier molecular flexibility index (Phi) is 19.4. The van der Waals surface area contributed by atoms with E-state index in [0.717, 1.165) is 17.0 Å². The number of rotatable bonds is 23. The summed E-state index contributed by atoms with van der Waals surface area (Å²) in [5, 5.41) is 65.5. The van der Waals surface area contributed by atoms with Crippen molar-refractivity contribution in [1.29, 1.82) is 0 Å². The van der Waals surface area contributed by atoms with Crippen LogP contribution in [0, 0.1) is 0 Å². The number of nitrogens with one attached hydrogen (secondary N) is 5. The van der Waals surface area contributed by atoms with Gasteiger partial charge in [-0.05, 0) is 71.8 Å². The summed E-state index contributed by atoms with van der Waals surface area (Å²) in [7, 11) is 1.38. The molecule has 3 aromatic rings. The van der Waals surface area contributed by atoms with Crippen LogP contribution >= 0.6 is 11.6 Å². The zero-order valence-corrected chi connectivity index (χ0v) is 43.4. The van der Waals surface area contributed by atoms with Crippen molar-refractivity contribution in [2.24, 2.45) is 0 Å². The molecule has 3 fully saturated rings. The van der Waals surface area contributed by atoms with Gasteiger partial charge in [-0.1, -0.05) is 29.8 Å². The Bertz CT molecular complexity index is 2960. The molecule has 3 saturated heterocycles. The van der Waals surface area contributed by atoms with Crippen molar-refractivity contribution in [3.8, 4) is 5.75 Å². The predicted octanol–water partition coefficient (Wildman–Crippen LogP) is 0.175. The molecule has 0 aromatic heterocycles. The molecular formula is C50H56ClN9O20. The number of aliphatic hydroxyl groups is 2. The molecule has 30 heteroatoms. The summed E-state index contributed by atoms with van der Waals surface area (Å²) < 4.78 is 16.1. The van der Waals surface area contributed by atoms with E-state index in [9.17, 15) is 78.4 Å². The molecule has 4 aliphatic heterocycles. The quantitative estimate of drug-likeness (QED) is 0.0447. The molecule has 0 radical (unpaired) electrons. The van der Waals surface area contributed by atoms with E-state index < -0.39 is 101 Å². The monoisotopic (exact) mass is 1140 g/mol. The van der Waals surface area contributed by atoms with Gasteiger partial charge in [0.15, 0.2) is 12.5 Å². The molecule has 10 N–H and O–H groups in total. The van der Waals surface area contributed by atoms with E-state index in [-0.39, 0.29) is 113 Å². The summed E-state index contributed by atoms with van der Waals surface area (Å²) in [6.45, 7) is -0.650. The fourth-order valence-corrected chi connectivity index (χ4v) is 9.05. The van der Waals surface area contributed by atoms with Crippen LogP contribution in [-0.2, 0) is 84.5 Å². The predicted molar refractivity (Wildman–Crippen MR) is 268 cm³/mol. The van der Waals surface area contributed by atoms with Crippen LogP contribution in [0.4, 0.5) is 15.3 Å². The van der Waals surface area contributed by atoms with E-state index in [2.05, 4.69) is 26.6 Å². The summed E-state index contributed by atoms with van der Waals surface area (Å²) >= 11 is 6.52. The van der Waals surface area contributed by atoms with Gasteiger partial charge in [0.05, 0.1) is 24.3 Å². The van der Waals surface area contributed by atoms with Crippen LogP contribution in [0.5, 0.6) is 5.75 Å². The molecule has 0 saturated carbocycles. The van der Waals surface area contributed by atoms with Gasteiger partial charge in [0.25, 0.3) is 29.4 Å². The molecular weight excluding hydrogens is 1080 g/mol. The van der Waals surface area contributed by atoms with Crippen LogP contribution in [0.1, 0.15) is 93.5 Å². The Morgan fingerprint density at radius 1 is 0.900 bits per heavy atom. The van der Waals surface area contributed by atoms with Gasteiger partial charge < -0.3 is 75.7 Å². The number of halogens is 1. The average molecular weight is 1140 g/mol. The van der Waals surface area contributed by atoms with Crippen molar-refractivity contribution in [2.75, 3.05) is 45.2 Å². The molecule has 0 bridgehead atoms. The molecule has 4 unspecified atom stereocenters. The minimum atomic E-state index is -3.20. The number of piperidine rings is 1. The normalized spacial score (nSPS) is 19.8. The van der Waals surface area contributed by atoms with Gasteiger partial charge in [-0.2, -0.15) is 0 Å². The number of aromatic hydroxyl groups is 1. The van der Waals surface area contributed by atoms with E-state index >= 15 is 0 Å². The number of phenolic OH excluding ortho intramolecular Hbond substituents is 1. The smallest absolute Gasteiger partial charge is 0.409 e. The van der Waals surface area contributed by atoms with E-state index in [4.69, 9.17) is 30.6 Å². The zero-order valence-electron chi connectivity index (χ0n) is 42.7. The molecule has 0 spiro atoms. The number of urea groups is 1. The van der Waals surface area contributed by atoms with Crippen molar-refractivity contribution in [1.82, 2.24) is 41.2 Å². The first kappa shape index (κ1) is 59.3. The van der Waals surface area contributed by atoms with Gasteiger partial charge in [-0.3, -0.25) is 38.9 Å². The second-order valence-corrected chi connectivity index (χ2v) is 19.0. The number of benzene rings is 3. The summed E-state index contributed by atoms with van der Waals surface area (Å²) in [5.74, 6) is -8.18. The number of carboxylic acid groups (broad SMARTS) is 1. The number of carbonyl (C=O) groups is 11. The number of hydroxylamine groups is 4. The summed E-state index contributed by atoms with van der Waals surface area (Å²) in [5.41, 5.74) is -1.92. The standard InChI is InChI=1S/C50H56ClN9O20/c1-57(16-18-77-17-13-28-6-7-30(22-34(28)51)55-48(74)54-23-26-5-8-31-29(19-26)24-58(44(31)69)35-9-10-37(62)56-43(35)68)49(75)78-25-27-20-32(41(66)33(21-27)50(47(72)73)60(76)45(70)46(71)79-50)42(67)53-15-14-52-36(61)3-2-4-40(65)80-59-38(63)11-12-39(59)64/h5-8,19-22,35,45-46,66,70-71,76H,2-4,9-18,23-25H2,1H3,(H,52,61)(H,53,67)(H,72,73)(H2,54,55,74)(H,56,62,68). The fourth-order valence-electron chi connectivity index (χ4n) is 8.77. The van der Waals surface area contributed by atoms with Crippen LogP contribution in [0.25, 0.3) is 0 Å². The lowest BCUT2D eigenvalue weighted by atomic mass is 9.95. The molecule has 428 valence electrons. The van der Waals surface area contributed by atoms with Gasteiger partial charge >= 0.3 is 24.1 Å². The minimum absolute atomic E-state index is 0.000760. The third-order valence-electron chi connectivity index (χ3n) is 13.0. The lowest BCUT2D eigenvalue weighted by Gasteiger charge is -2.30. The zero-order chi connectivity index (χ0) is 58.0. The van der Waals surface area contributed by atoms with Crippen LogP contribution in [0.2, 0.25) is 5.02 Å². The van der Waals surface area contributed by atoms with Crippen molar-refractivity contribution < 1.29 is 97.4 Å². The Labute approximate surface area is 458 Å². The van der Waals surface area contributed by atoms with Crippen molar-refractivity contribution in [3.05, 3.63) is 92.5 Å². The van der Waals surface area contributed by atoms with Crippen LogP contribution in [0.15, 0.2) is 48.5 Å². The maximum atomic E-state index is 13.4. The molecule has 4 aliphatic rings. The number of hydrogen-bond donors (Lipinski definition) is 10. The van der Waals surface area contributed by atoms with Gasteiger partial charge in [0.1, 0.15) is 18.4 Å². The van der Waals surface area contributed by atoms with E-state index in [0.29, 0.717) is 44.4 Å². The van der Waals surface area contributed by atoms with E-state index in [1.807, 2.05) is 0 Å². The molecule has 80 heavy (non-hydrogen) atoms. The van der Waals surface area contributed by atoms with E-state index in [1.54, 1.807) is 36.4 Å². The number of nitrogens with zero attached hydrogens (tertiary/aromatic N) is 4. The van der Waals surface area contributed by atoms with Gasteiger partial charge in [-0.15, -0.1) is 10.1 Å². The Hall–Kier alpha value is -8.32. The molecule has 4 atom stereocenters. The third kappa shape index (κ3) is 13.9. The first-order valence-corrected chi connectivity index (χ1v) is 25.2. The highest BCUT2D eigenvalue weighted by molar-refractivity contribution is 6.31. The summed E-state index contributed by atoms with van der Waals surface area (Å²) in [6.07, 6.45) is -5.55. The number of hydrogen-bond acceptors (Lipinski definition) is 20. The molecule has 10 amide bonds. The average Bonchev–Trinajstić information content (AvgIpc) is 4.00. The number of likely N-dealkylation sites (N-methyl/N-ethyl adjacent to an activating group) is 1. The number of amides is 10. The third-order valence-corrected chi connectivity index (χ3v) is 13.4. The number of phenols is 1. The highest BCUT2D eigenvalue weighted by Crippen LogP contribution is 2.44. The maximum Gasteiger partial charge on any atom is 0.409 e. The van der Waals surface area contributed by atoms with Crippen molar-refractivity contribution in [3.63, 3.8) is 0 Å². The van der Waals surface area contributed by atoms with Crippen LogP contribution in [0.3, 0.4) is 0 Å². The second kappa shape index (κ2) is 26.1. The van der Waals surface area contributed by atoms with Crippen molar-refractivity contribution >= 4 is 82.7 Å². The molecule has 7 rings (SSSR count). The minimum Gasteiger partial charge on any atom is -0.507 e. The Morgan fingerprint density at radius 3 is 2.33 bits per heavy atom. The van der Waals surface area contributed by atoms with E-state index in [1.165, 1.54) is 11.9 Å². The lowest BCUT2D eigenvalue weighted by Crippen LogP contribution is -2.52. The number of ether oxygens (including phenoxy) is 3. The molecule has 4 heterocycles. The lowest BCUT2D eigenvalue weighted by molar-refractivity contribution is -0.268.